The number of nitrogens with two attached hydrogens (primary N) is 1. The van der Waals surface area contributed by atoms with Gasteiger partial charge in [-0.05, 0) is 32.6 Å². The molecule has 0 unspecified atom stereocenters. The summed E-state index contributed by atoms with van der Waals surface area (Å²) >= 11 is 0. The van der Waals surface area contributed by atoms with Gasteiger partial charge in [0, 0.05) is 25.2 Å². The Kier molecular flexibility index (Phi) is 3.47. The summed E-state index contributed by atoms with van der Waals surface area (Å²) in [4.78, 5) is 13.9. The molecular formula is C12H19N3O2. The number of amides is 1. The Labute approximate surface area is 101 Å². The minimum atomic E-state index is -0.0732. The van der Waals surface area contributed by atoms with Crippen LogP contribution in [-0.4, -0.2) is 35.1 Å². The van der Waals surface area contributed by atoms with Crippen molar-refractivity contribution in [1.82, 2.24) is 10.1 Å². The minimum Gasteiger partial charge on any atom is -0.351 e. The molecule has 1 saturated heterocycles. The lowest BCUT2D eigenvalue weighted by Gasteiger charge is -2.34. The molecule has 0 bridgehead atoms. The van der Waals surface area contributed by atoms with Crippen LogP contribution >= 0.6 is 0 Å². The molecule has 2 heterocycles. The largest absolute Gasteiger partial charge is 0.351 e. The molecule has 17 heavy (non-hydrogen) atoms. The summed E-state index contributed by atoms with van der Waals surface area (Å²) in [6.07, 6.45) is 2.10. The molecule has 1 aliphatic heterocycles. The number of aromatic nitrogens is 1. The van der Waals surface area contributed by atoms with Crippen molar-refractivity contribution in [3.05, 3.63) is 17.5 Å². The van der Waals surface area contributed by atoms with Gasteiger partial charge in [0.1, 0.15) is 0 Å². The highest BCUT2D eigenvalue weighted by Gasteiger charge is 2.28. The lowest BCUT2D eigenvalue weighted by atomic mass is 9.92. The smallest absolute Gasteiger partial charge is 0.292 e. The van der Waals surface area contributed by atoms with E-state index >= 15 is 0 Å². The molecule has 1 aromatic rings. The van der Waals surface area contributed by atoms with E-state index in [-0.39, 0.29) is 11.9 Å². The van der Waals surface area contributed by atoms with Gasteiger partial charge in [0.2, 0.25) is 5.76 Å². The van der Waals surface area contributed by atoms with Crippen LogP contribution < -0.4 is 5.73 Å². The van der Waals surface area contributed by atoms with Crippen molar-refractivity contribution in [3.63, 3.8) is 0 Å². The highest BCUT2D eigenvalue weighted by molar-refractivity contribution is 5.91. The topological polar surface area (TPSA) is 72.4 Å². The number of aryl methyl sites for hydroxylation is 1. The van der Waals surface area contributed by atoms with E-state index in [1.54, 1.807) is 13.0 Å². The quantitative estimate of drug-likeness (QED) is 0.838. The number of likely N-dealkylation sites (tertiary alicyclic amines) is 1. The number of carbonyl (C=O) groups excluding carboxylic acids is 1. The van der Waals surface area contributed by atoms with Crippen molar-refractivity contribution >= 4 is 5.91 Å². The molecule has 2 atom stereocenters. The van der Waals surface area contributed by atoms with E-state index in [0.29, 0.717) is 11.7 Å². The molecule has 0 saturated carbocycles. The highest BCUT2D eigenvalue weighted by atomic mass is 16.5. The van der Waals surface area contributed by atoms with Crippen LogP contribution in [0.1, 0.15) is 36.0 Å². The average molecular weight is 237 g/mol. The highest BCUT2D eigenvalue weighted by Crippen LogP contribution is 2.20. The SMILES string of the molecule is Cc1cc(C(=O)N2CCC[C@@H]([C@@H](C)N)C2)on1. The summed E-state index contributed by atoms with van der Waals surface area (Å²) in [7, 11) is 0. The van der Waals surface area contributed by atoms with E-state index in [2.05, 4.69) is 5.16 Å². The zero-order chi connectivity index (χ0) is 12.4. The van der Waals surface area contributed by atoms with Gasteiger partial charge < -0.3 is 15.2 Å². The van der Waals surface area contributed by atoms with Crippen molar-refractivity contribution in [3.8, 4) is 0 Å². The molecule has 0 aliphatic carbocycles. The predicted octanol–water partition coefficient (Wildman–Crippen LogP) is 1.18. The van der Waals surface area contributed by atoms with Crippen LogP contribution in [0, 0.1) is 12.8 Å². The molecule has 5 nitrogen and oxygen atoms in total. The first-order chi connectivity index (χ1) is 8.08. The molecule has 0 aromatic carbocycles. The van der Waals surface area contributed by atoms with Crippen LogP contribution in [0.5, 0.6) is 0 Å². The standard InChI is InChI=1S/C12H19N3O2/c1-8-6-11(17-14-8)12(16)15-5-3-4-10(7-15)9(2)13/h6,9-10H,3-5,7,13H2,1-2H3/t9-,10-/m1/s1. The fourth-order valence-corrected chi connectivity index (χ4v) is 2.24. The van der Waals surface area contributed by atoms with Crippen LogP contribution in [-0.2, 0) is 0 Å². The first-order valence-corrected chi connectivity index (χ1v) is 6.06. The summed E-state index contributed by atoms with van der Waals surface area (Å²) in [5, 5.41) is 3.74. The molecule has 94 valence electrons. The van der Waals surface area contributed by atoms with Gasteiger partial charge in [-0.1, -0.05) is 5.16 Å². The van der Waals surface area contributed by atoms with E-state index in [4.69, 9.17) is 10.3 Å². The molecule has 0 spiro atoms. The van der Waals surface area contributed by atoms with Crippen molar-refractivity contribution in [2.75, 3.05) is 13.1 Å². The Balaban J connectivity index is 2.04. The maximum absolute atomic E-state index is 12.1. The molecule has 1 fully saturated rings. The molecule has 2 rings (SSSR count). The van der Waals surface area contributed by atoms with Crippen molar-refractivity contribution < 1.29 is 9.32 Å². The average Bonchev–Trinajstić information content (AvgIpc) is 2.75. The third-order valence-corrected chi connectivity index (χ3v) is 3.33. The van der Waals surface area contributed by atoms with Gasteiger partial charge in [-0.2, -0.15) is 0 Å². The number of hydrogen-bond donors (Lipinski definition) is 1. The first-order valence-electron chi connectivity index (χ1n) is 6.06. The fraction of sp³-hybridized carbons (Fsp3) is 0.667. The molecule has 1 aromatic heterocycles. The van der Waals surface area contributed by atoms with E-state index < -0.39 is 0 Å². The predicted molar refractivity (Wildman–Crippen MR) is 63.5 cm³/mol. The number of carbonyl (C=O) groups is 1. The van der Waals surface area contributed by atoms with E-state index in [0.717, 1.165) is 31.6 Å². The fourth-order valence-electron chi connectivity index (χ4n) is 2.24. The van der Waals surface area contributed by atoms with Crippen molar-refractivity contribution in [1.29, 1.82) is 0 Å². The van der Waals surface area contributed by atoms with Gasteiger partial charge >= 0.3 is 0 Å². The second kappa shape index (κ2) is 4.87. The van der Waals surface area contributed by atoms with Crippen LogP contribution in [0.3, 0.4) is 0 Å². The molecule has 2 N–H and O–H groups in total. The molecular weight excluding hydrogens is 218 g/mol. The summed E-state index contributed by atoms with van der Waals surface area (Å²) < 4.78 is 5.00. The molecule has 1 amide bonds. The lowest BCUT2D eigenvalue weighted by molar-refractivity contribution is 0.0619. The van der Waals surface area contributed by atoms with Gasteiger partial charge in [0.15, 0.2) is 0 Å². The second-order valence-corrected chi connectivity index (χ2v) is 4.85. The van der Waals surface area contributed by atoms with Crippen molar-refractivity contribution in [2.24, 2.45) is 11.7 Å². The summed E-state index contributed by atoms with van der Waals surface area (Å²) in [5.74, 6) is 0.639. The lowest BCUT2D eigenvalue weighted by Crippen LogP contribution is -2.44. The number of piperidine rings is 1. The van der Waals surface area contributed by atoms with Gasteiger partial charge in [-0.25, -0.2) is 0 Å². The minimum absolute atomic E-state index is 0.0732. The maximum atomic E-state index is 12.1. The Morgan fingerprint density at radius 3 is 3.06 bits per heavy atom. The van der Waals surface area contributed by atoms with Gasteiger partial charge in [0.05, 0.1) is 5.69 Å². The van der Waals surface area contributed by atoms with Crippen molar-refractivity contribution in [2.45, 2.75) is 32.7 Å². The van der Waals surface area contributed by atoms with Gasteiger partial charge in [-0.3, -0.25) is 4.79 Å². The number of rotatable bonds is 2. The third kappa shape index (κ3) is 2.66. The molecule has 5 heteroatoms. The van der Waals surface area contributed by atoms with Gasteiger partial charge in [0.25, 0.3) is 5.91 Å². The zero-order valence-electron chi connectivity index (χ0n) is 10.3. The van der Waals surface area contributed by atoms with Crippen LogP contribution in [0.2, 0.25) is 0 Å². The molecule has 0 radical (unpaired) electrons. The van der Waals surface area contributed by atoms with Crippen LogP contribution in [0.15, 0.2) is 10.6 Å². The number of hydrogen-bond acceptors (Lipinski definition) is 4. The first kappa shape index (κ1) is 12.1. The monoisotopic (exact) mass is 237 g/mol. The Hall–Kier alpha value is -1.36. The van der Waals surface area contributed by atoms with E-state index in [9.17, 15) is 4.79 Å². The normalized spacial score (nSPS) is 22.5. The summed E-state index contributed by atoms with van der Waals surface area (Å²) in [6.45, 7) is 5.30. The van der Waals surface area contributed by atoms with E-state index in [1.165, 1.54) is 0 Å². The number of nitrogens with zero attached hydrogens (tertiary/aromatic N) is 2. The van der Waals surface area contributed by atoms with Gasteiger partial charge in [-0.15, -0.1) is 0 Å². The van der Waals surface area contributed by atoms with Crippen LogP contribution in [0.25, 0.3) is 0 Å². The zero-order valence-corrected chi connectivity index (χ0v) is 10.3. The Bertz CT molecular complexity index is 400. The Morgan fingerprint density at radius 2 is 2.47 bits per heavy atom. The third-order valence-electron chi connectivity index (χ3n) is 3.33. The molecule has 1 aliphatic rings. The summed E-state index contributed by atoms with van der Waals surface area (Å²) in [5.41, 5.74) is 6.63. The Morgan fingerprint density at radius 1 is 1.71 bits per heavy atom. The maximum Gasteiger partial charge on any atom is 0.292 e. The van der Waals surface area contributed by atoms with E-state index in [1.807, 2.05) is 11.8 Å². The summed E-state index contributed by atoms with van der Waals surface area (Å²) in [6, 6.07) is 1.81. The second-order valence-electron chi connectivity index (χ2n) is 4.85. The van der Waals surface area contributed by atoms with Crippen LogP contribution in [0.4, 0.5) is 0 Å².